The smallest absolute Gasteiger partial charge is 0.306 e. The van der Waals surface area contributed by atoms with Crippen molar-refractivity contribution in [2.45, 2.75) is 38.7 Å². The van der Waals surface area contributed by atoms with Gasteiger partial charge in [0, 0.05) is 16.8 Å². The number of rotatable bonds is 4. The maximum Gasteiger partial charge on any atom is 0.306 e. The third-order valence-electron chi connectivity index (χ3n) is 3.74. The van der Waals surface area contributed by atoms with Gasteiger partial charge in [-0.2, -0.15) is 0 Å². The van der Waals surface area contributed by atoms with Crippen LogP contribution in [0.15, 0.2) is 22.7 Å². The zero-order valence-corrected chi connectivity index (χ0v) is 12.8. The van der Waals surface area contributed by atoms with Crippen LogP contribution < -0.4 is 0 Å². The van der Waals surface area contributed by atoms with Crippen LogP contribution in [0.4, 0.5) is 0 Å². The lowest BCUT2D eigenvalue weighted by Crippen LogP contribution is -2.23. The molecule has 3 nitrogen and oxygen atoms in total. The van der Waals surface area contributed by atoms with E-state index >= 15 is 0 Å². The molecule has 0 heterocycles. The third kappa shape index (κ3) is 3.00. The summed E-state index contributed by atoms with van der Waals surface area (Å²) in [7, 11) is 0. The Bertz CT molecular complexity index is 470. The van der Waals surface area contributed by atoms with Crippen molar-refractivity contribution in [1.29, 1.82) is 0 Å². The summed E-state index contributed by atoms with van der Waals surface area (Å²) in [4.78, 5) is 11.7. The number of carbonyl (C=O) groups is 1. The standard InChI is InChI=1S/C15H19BrO3/c1-3-19-14(18)8-10-7-12-11(15(10)9(2)17)5-4-6-13(12)16/h4-6,9-10,15,17H,3,7-8H2,1-2H3/t9?,10-,15-/m0/s1. The van der Waals surface area contributed by atoms with Crippen LogP contribution >= 0.6 is 15.9 Å². The summed E-state index contributed by atoms with van der Waals surface area (Å²) in [6.45, 7) is 4.00. The molecule has 4 heteroatoms. The van der Waals surface area contributed by atoms with Crippen LogP contribution in [-0.4, -0.2) is 23.8 Å². The van der Waals surface area contributed by atoms with E-state index in [1.165, 1.54) is 5.56 Å². The zero-order valence-electron chi connectivity index (χ0n) is 11.2. The van der Waals surface area contributed by atoms with E-state index in [2.05, 4.69) is 15.9 Å². The molecular formula is C15H19BrO3. The van der Waals surface area contributed by atoms with Crippen molar-refractivity contribution in [3.63, 3.8) is 0 Å². The molecule has 1 N–H and O–H groups in total. The molecule has 1 unspecified atom stereocenters. The highest BCUT2D eigenvalue weighted by Gasteiger charge is 2.37. The molecule has 0 saturated heterocycles. The van der Waals surface area contributed by atoms with Crippen LogP contribution in [0.5, 0.6) is 0 Å². The Morgan fingerprint density at radius 1 is 1.58 bits per heavy atom. The second kappa shape index (κ2) is 6.06. The lowest BCUT2D eigenvalue weighted by atomic mass is 9.86. The Hall–Kier alpha value is -0.870. The number of benzene rings is 1. The molecule has 1 aromatic rings. The van der Waals surface area contributed by atoms with Crippen molar-refractivity contribution >= 4 is 21.9 Å². The van der Waals surface area contributed by atoms with E-state index in [1.807, 2.05) is 25.1 Å². The molecule has 0 radical (unpaired) electrons. The van der Waals surface area contributed by atoms with Crippen LogP contribution in [0.3, 0.4) is 0 Å². The van der Waals surface area contributed by atoms with Crippen molar-refractivity contribution < 1.29 is 14.6 Å². The van der Waals surface area contributed by atoms with Crippen LogP contribution in [0.25, 0.3) is 0 Å². The molecule has 1 aliphatic carbocycles. The van der Waals surface area contributed by atoms with E-state index in [9.17, 15) is 9.90 Å². The lowest BCUT2D eigenvalue weighted by Gasteiger charge is -2.22. The first-order chi connectivity index (χ1) is 9.04. The van der Waals surface area contributed by atoms with Gasteiger partial charge >= 0.3 is 5.97 Å². The maximum atomic E-state index is 11.7. The molecule has 0 aromatic heterocycles. The molecule has 0 spiro atoms. The number of carbonyl (C=O) groups excluding carboxylic acids is 1. The van der Waals surface area contributed by atoms with E-state index < -0.39 is 6.10 Å². The predicted molar refractivity (Wildman–Crippen MR) is 77.0 cm³/mol. The van der Waals surface area contributed by atoms with Crippen molar-refractivity contribution in [3.8, 4) is 0 Å². The first-order valence-corrected chi connectivity index (χ1v) is 7.44. The molecule has 104 valence electrons. The number of aliphatic hydroxyl groups is 1. The van der Waals surface area contributed by atoms with Gasteiger partial charge in [0.25, 0.3) is 0 Å². The first kappa shape index (κ1) is 14.5. The molecule has 0 fully saturated rings. The van der Waals surface area contributed by atoms with E-state index in [4.69, 9.17) is 4.74 Å². The number of ether oxygens (including phenoxy) is 1. The summed E-state index contributed by atoms with van der Waals surface area (Å²) in [6, 6.07) is 6.03. The fraction of sp³-hybridized carbons (Fsp3) is 0.533. The van der Waals surface area contributed by atoms with Gasteiger partial charge in [0.2, 0.25) is 0 Å². The minimum atomic E-state index is -0.463. The highest BCUT2D eigenvalue weighted by Crippen LogP contribution is 2.44. The van der Waals surface area contributed by atoms with Gasteiger partial charge in [-0.1, -0.05) is 28.1 Å². The van der Waals surface area contributed by atoms with Crippen LogP contribution in [0, 0.1) is 5.92 Å². The van der Waals surface area contributed by atoms with Crippen molar-refractivity contribution in [2.75, 3.05) is 6.61 Å². The fourth-order valence-corrected chi connectivity index (χ4v) is 3.58. The number of halogens is 1. The normalized spacial score (nSPS) is 22.9. The van der Waals surface area contributed by atoms with Crippen LogP contribution in [0.1, 0.15) is 37.3 Å². The van der Waals surface area contributed by atoms with Gasteiger partial charge in [0.05, 0.1) is 12.7 Å². The summed E-state index contributed by atoms with van der Waals surface area (Å²) in [6.07, 6.45) is 0.713. The van der Waals surface area contributed by atoms with Crippen molar-refractivity contribution in [3.05, 3.63) is 33.8 Å². The summed E-state index contributed by atoms with van der Waals surface area (Å²) in [5.74, 6) is -0.0493. The van der Waals surface area contributed by atoms with Gasteiger partial charge in [-0.05, 0) is 43.4 Å². The maximum absolute atomic E-state index is 11.7. The average molecular weight is 327 g/mol. The molecule has 0 aliphatic heterocycles. The number of hydrogen-bond donors (Lipinski definition) is 1. The highest BCUT2D eigenvalue weighted by atomic mass is 79.9. The number of aliphatic hydroxyl groups excluding tert-OH is 1. The number of hydrogen-bond acceptors (Lipinski definition) is 3. The fourth-order valence-electron chi connectivity index (χ4n) is 3.03. The molecule has 0 saturated carbocycles. The predicted octanol–water partition coefficient (Wildman–Crippen LogP) is 3.04. The van der Waals surface area contributed by atoms with Crippen molar-refractivity contribution in [2.24, 2.45) is 5.92 Å². The zero-order chi connectivity index (χ0) is 14.0. The summed E-state index contributed by atoms with van der Waals surface area (Å²) >= 11 is 3.55. The Morgan fingerprint density at radius 3 is 2.95 bits per heavy atom. The van der Waals surface area contributed by atoms with E-state index in [1.54, 1.807) is 6.92 Å². The van der Waals surface area contributed by atoms with Gasteiger partial charge < -0.3 is 9.84 Å². The van der Waals surface area contributed by atoms with Crippen molar-refractivity contribution in [1.82, 2.24) is 0 Å². The van der Waals surface area contributed by atoms with E-state index in [-0.39, 0.29) is 17.8 Å². The molecule has 0 amide bonds. The Kier molecular flexibility index (Phi) is 4.63. The second-order valence-corrected chi connectivity index (χ2v) is 5.90. The molecule has 1 aliphatic rings. The molecule has 1 aromatic carbocycles. The largest absolute Gasteiger partial charge is 0.466 e. The van der Waals surface area contributed by atoms with Crippen LogP contribution in [-0.2, 0) is 16.0 Å². The highest BCUT2D eigenvalue weighted by molar-refractivity contribution is 9.10. The van der Waals surface area contributed by atoms with Gasteiger partial charge in [-0.25, -0.2) is 0 Å². The Labute approximate surface area is 122 Å². The summed E-state index contributed by atoms with van der Waals surface area (Å²) < 4.78 is 6.09. The first-order valence-electron chi connectivity index (χ1n) is 6.65. The van der Waals surface area contributed by atoms with Crippen LogP contribution in [0.2, 0.25) is 0 Å². The second-order valence-electron chi connectivity index (χ2n) is 5.05. The summed E-state index contributed by atoms with van der Waals surface area (Å²) in [5, 5.41) is 10.0. The summed E-state index contributed by atoms with van der Waals surface area (Å²) in [5.41, 5.74) is 2.36. The number of esters is 1. The Morgan fingerprint density at radius 2 is 2.32 bits per heavy atom. The Balaban J connectivity index is 2.24. The topological polar surface area (TPSA) is 46.5 Å². The number of fused-ring (bicyclic) bond motifs is 1. The molecule has 3 atom stereocenters. The molecule has 0 bridgehead atoms. The molecule has 19 heavy (non-hydrogen) atoms. The average Bonchev–Trinajstić information content (AvgIpc) is 2.68. The third-order valence-corrected chi connectivity index (χ3v) is 4.49. The van der Waals surface area contributed by atoms with Gasteiger partial charge in [0.15, 0.2) is 0 Å². The van der Waals surface area contributed by atoms with E-state index in [0.29, 0.717) is 13.0 Å². The lowest BCUT2D eigenvalue weighted by molar-refractivity contribution is -0.144. The molecular weight excluding hydrogens is 308 g/mol. The van der Waals surface area contributed by atoms with Gasteiger partial charge in [0.1, 0.15) is 0 Å². The van der Waals surface area contributed by atoms with Gasteiger partial charge in [-0.3, -0.25) is 4.79 Å². The van der Waals surface area contributed by atoms with E-state index in [0.717, 1.165) is 16.5 Å². The minimum Gasteiger partial charge on any atom is -0.466 e. The minimum absolute atomic E-state index is 0.0110. The monoisotopic (exact) mass is 326 g/mol. The quantitative estimate of drug-likeness (QED) is 0.865. The molecule has 2 rings (SSSR count). The van der Waals surface area contributed by atoms with Gasteiger partial charge in [-0.15, -0.1) is 0 Å². The SMILES string of the molecule is CCOC(=O)C[C@@H]1Cc2c(Br)cccc2[C@H]1C(C)O.